The van der Waals surface area contributed by atoms with Crippen LogP contribution in [0.2, 0.25) is 0 Å². The van der Waals surface area contributed by atoms with Crippen molar-refractivity contribution in [3.8, 4) is 16.9 Å². The Morgan fingerprint density at radius 3 is 1.87 bits per heavy atom. The van der Waals surface area contributed by atoms with Crippen LogP contribution in [0.1, 0.15) is 10.4 Å². The number of carbonyl (C=O) groups excluding carboxylic acids is 1. The zero-order chi connectivity index (χ0) is 23.8. The van der Waals surface area contributed by atoms with Crippen LogP contribution in [0, 0.1) is 34.9 Å². The third-order valence-corrected chi connectivity index (χ3v) is 5.12. The van der Waals surface area contributed by atoms with Gasteiger partial charge in [-0.15, -0.1) is 0 Å². The number of alkyl halides is 2. The van der Waals surface area contributed by atoms with Crippen LogP contribution in [0.15, 0.2) is 12.1 Å². The van der Waals surface area contributed by atoms with Crippen molar-refractivity contribution in [2.45, 2.75) is 6.61 Å². The predicted molar refractivity (Wildman–Crippen MR) is 88.3 cm³/mol. The molecule has 2 rings (SSSR count). The second-order valence-electron chi connectivity index (χ2n) is 5.87. The Morgan fingerprint density at radius 1 is 0.935 bits per heavy atom. The van der Waals surface area contributed by atoms with Gasteiger partial charge in [0, 0.05) is 25.7 Å². The number of amides is 1. The second kappa shape index (κ2) is 8.66. The minimum atomic E-state index is -4.53. The number of hydrogen-bond donors (Lipinski definition) is 1. The van der Waals surface area contributed by atoms with E-state index in [1.807, 2.05) is 0 Å². The number of hydrogen-bond acceptors (Lipinski definition) is 4. The van der Waals surface area contributed by atoms with Crippen LogP contribution in [0.5, 0.6) is 5.75 Å². The fourth-order valence-corrected chi connectivity index (χ4v) is 2.75. The van der Waals surface area contributed by atoms with Gasteiger partial charge in [0.2, 0.25) is 5.82 Å². The molecule has 0 aromatic heterocycles. The van der Waals surface area contributed by atoms with Crippen molar-refractivity contribution in [2.75, 3.05) is 14.1 Å². The number of benzene rings is 2. The SMILES string of the molecule is CN(C)S(=O)(=O)NC(=O)c1cc(-c2c(F)c(F)c(F)c(F)c2F)c(F)cc1OC(F)F. The maximum absolute atomic E-state index is 14.4. The number of nitrogens with zero attached hydrogens (tertiary/aromatic N) is 1. The summed E-state index contributed by atoms with van der Waals surface area (Å²) in [6.45, 7) is -3.66. The summed E-state index contributed by atoms with van der Waals surface area (Å²) in [6.07, 6.45) is 0. The lowest BCUT2D eigenvalue weighted by Crippen LogP contribution is -2.39. The first-order valence-corrected chi connectivity index (χ1v) is 9.17. The molecule has 0 bridgehead atoms. The van der Waals surface area contributed by atoms with Crippen molar-refractivity contribution < 1.29 is 53.1 Å². The van der Waals surface area contributed by atoms with Gasteiger partial charge < -0.3 is 4.74 Å². The Labute approximate surface area is 169 Å². The quantitative estimate of drug-likeness (QED) is 0.393. The van der Waals surface area contributed by atoms with Gasteiger partial charge in [-0.1, -0.05) is 0 Å². The summed E-state index contributed by atoms with van der Waals surface area (Å²) in [4.78, 5) is 12.3. The third-order valence-electron chi connectivity index (χ3n) is 3.71. The summed E-state index contributed by atoms with van der Waals surface area (Å²) in [7, 11) is -2.60. The molecule has 0 unspecified atom stereocenters. The lowest BCUT2D eigenvalue weighted by Gasteiger charge is -2.16. The van der Waals surface area contributed by atoms with E-state index in [1.54, 1.807) is 0 Å². The molecular weight excluding hydrogens is 468 g/mol. The molecule has 0 radical (unpaired) electrons. The standard InChI is InChI=1S/C16H10F8N2O4S/c1-26(2)31(28,29)25-15(27)6-3-5(7(17)4-8(6)30-16(23)24)9-10(18)12(20)14(22)13(21)11(9)19/h3-4,16H,1-2H3,(H,25,27). The lowest BCUT2D eigenvalue weighted by molar-refractivity contribution is -0.0502. The zero-order valence-corrected chi connectivity index (χ0v) is 16.1. The predicted octanol–water partition coefficient (Wildman–Crippen LogP) is 3.33. The molecule has 0 aliphatic rings. The Morgan fingerprint density at radius 2 is 1.42 bits per heavy atom. The molecule has 0 fully saturated rings. The monoisotopic (exact) mass is 478 g/mol. The van der Waals surface area contributed by atoms with Crippen LogP contribution in [-0.4, -0.2) is 39.3 Å². The van der Waals surface area contributed by atoms with Gasteiger partial charge in [-0.05, 0) is 6.07 Å². The van der Waals surface area contributed by atoms with E-state index in [-0.39, 0.29) is 12.1 Å². The summed E-state index contributed by atoms with van der Waals surface area (Å²) in [5.74, 6) is -17.2. The Kier molecular flexibility index (Phi) is 6.80. The summed E-state index contributed by atoms with van der Waals surface area (Å²) in [5.41, 5.74) is -4.44. The van der Waals surface area contributed by atoms with Crippen LogP contribution in [-0.2, 0) is 10.2 Å². The van der Waals surface area contributed by atoms with E-state index in [1.165, 1.54) is 4.72 Å². The normalized spacial score (nSPS) is 11.9. The number of carbonyl (C=O) groups is 1. The van der Waals surface area contributed by atoms with E-state index in [0.717, 1.165) is 14.1 Å². The zero-order valence-electron chi connectivity index (χ0n) is 15.2. The van der Waals surface area contributed by atoms with Gasteiger partial charge in [-0.25, -0.2) is 31.1 Å². The largest absolute Gasteiger partial charge is 0.434 e. The van der Waals surface area contributed by atoms with Crippen molar-refractivity contribution >= 4 is 16.1 Å². The van der Waals surface area contributed by atoms with Crippen molar-refractivity contribution in [3.05, 3.63) is 52.6 Å². The van der Waals surface area contributed by atoms with Crippen molar-refractivity contribution in [2.24, 2.45) is 0 Å². The summed E-state index contributed by atoms with van der Waals surface area (Å²) >= 11 is 0. The molecular formula is C16H10F8N2O4S. The smallest absolute Gasteiger partial charge is 0.387 e. The maximum atomic E-state index is 14.4. The van der Waals surface area contributed by atoms with Gasteiger partial charge in [0.15, 0.2) is 23.3 Å². The van der Waals surface area contributed by atoms with Crippen LogP contribution in [0.25, 0.3) is 11.1 Å². The molecule has 0 aliphatic carbocycles. The molecule has 0 heterocycles. The molecule has 2 aromatic rings. The number of rotatable bonds is 6. The van der Waals surface area contributed by atoms with Crippen molar-refractivity contribution in [1.29, 1.82) is 0 Å². The highest BCUT2D eigenvalue weighted by atomic mass is 32.2. The van der Waals surface area contributed by atoms with E-state index in [2.05, 4.69) is 4.74 Å². The lowest BCUT2D eigenvalue weighted by atomic mass is 9.99. The molecule has 1 N–H and O–H groups in total. The Hall–Kier alpha value is -2.94. The number of nitrogens with one attached hydrogen (secondary N) is 1. The average Bonchev–Trinajstić information content (AvgIpc) is 2.65. The first-order chi connectivity index (χ1) is 14.2. The van der Waals surface area contributed by atoms with E-state index in [0.29, 0.717) is 4.31 Å². The highest BCUT2D eigenvalue weighted by molar-refractivity contribution is 7.87. The van der Waals surface area contributed by atoms with Gasteiger partial charge >= 0.3 is 16.8 Å². The van der Waals surface area contributed by atoms with Gasteiger partial charge in [0.25, 0.3) is 5.91 Å². The highest BCUT2D eigenvalue weighted by Gasteiger charge is 2.31. The molecule has 0 spiro atoms. The summed E-state index contributed by atoms with van der Waals surface area (Å²) in [5, 5.41) is 0. The Bertz CT molecular complexity index is 1130. The fraction of sp³-hybridized carbons (Fsp3) is 0.188. The maximum Gasteiger partial charge on any atom is 0.387 e. The molecule has 2 aromatic carbocycles. The van der Waals surface area contributed by atoms with Crippen molar-refractivity contribution in [3.63, 3.8) is 0 Å². The second-order valence-corrected chi connectivity index (χ2v) is 7.75. The molecule has 6 nitrogen and oxygen atoms in total. The Balaban J connectivity index is 2.79. The topological polar surface area (TPSA) is 75.7 Å². The number of halogens is 8. The molecule has 170 valence electrons. The third kappa shape index (κ3) is 4.71. The summed E-state index contributed by atoms with van der Waals surface area (Å²) < 4.78 is 137. The van der Waals surface area contributed by atoms with Crippen LogP contribution >= 0.6 is 0 Å². The molecule has 1 amide bonds. The van der Waals surface area contributed by atoms with Gasteiger partial charge in [0.1, 0.15) is 11.6 Å². The van der Waals surface area contributed by atoms with Crippen molar-refractivity contribution in [1.82, 2.24) is 9.03 Å². The van der Waals surface area contributed by atoms with Crippen LogP contribution in [0.3, 0.4) is 0 Å². The molecule has 0 saturated carbocycles. The molecule has 0 saturated heterocycles. The molecule has 0 atom stereocenters. The van der Waals surface area contributed by atoms with Crippen LogP contribution < -0.4 is 9.46 Å². The minimum Gasteiger partial charge on any atom is -0.434 e. The highest BCUT2D eigenvalue weighted by Crippen LogP contribution is 2.36. The van der Waals surface area contributed by atoms with E-state index < -0.39 is 80.1 Å². The number of ether oxygens (including phenoxy) is 1. The first-order valence-electron chi connectivity index (χ1n) is 7.73. The van der Waals surface area contributed by atoms with Gasteiger partial charge in [0.05, 0.1) is 11.1 Å². The minimum absolute atomic E-state index is 0.00324. The van der Waals surface area contributed by atoms with Gasteiger partial charge in [-0.3, -0.25) is 4.79 Å². The first kappa shape index (κ1) is 24.3. The molecule has 0 aliphatic heterocycles. The fourth-order valence-electron chi connectivity index (χ4n) is 2.22. The van der Waals surface area contributed by atoms with Gasteiger partial charge in [-0.2, -0.15) is 21.5 Å². The average molecular weight is 478 g/mol. The molecule has 31 heavy (non-hydrogen) atoms. The van der Waals surface area contributed by atoms with E-state index >= 15 is 0 Å². The van der Waals surface area contributed by atoms with E-state index in [9.17, 15) is 48.3 Å². The molecule has 15 heteroatoms. The van der Waals surface area contributed by atoms with E-state index in [4.69, 9.17) is 0 Å². The summed E-state index contributed by atoms with van der Waals surface area (Å²) in [6, 6.07) is 0.0998. The van der Waals surface area contributed by atoms with Crippen LogP contribution in [0.4, 0.5) is 35.1 Å².